The highest BCUT2D eigenvalue weighted by Crippen LogP contribution is 2.32. The van der Waals surface area contributed by atoms with Gasteiger partial charge in [0.05, 0.1) is 12.1 Å². The molecule has 4 rings (SSSR count). The van der Waals surface area contributed by atoms with Gasteiger partial charge in [0.15, 0.2) is 0 Å². The Kier molecular flexibility index (Phi) is 5.48. The van der Waals surface area contributed by atoms with Gasteiger partial charge in [-0.05, 0) is 40.5 Å². The van der Waals surface area contributed by atoms with E-state index in [4.69, 9.17) is 4.98 Å². The Bertz CT molecular complexity index is 1150. The van der Waals surface area contributed by atoms with Crippen molar-refractivity contribution in [3.63, 3.8) is 0 Å². The average Bonchev–Trinajstić information content (AvgIpc) is 2.78. The molecule has 29 heavy (non-hydrogen) atoms. The van der Waals surface area contributed by atoms with Gasteiger partial charge in [0.2, 0.25) is 0 Å². The molecular formula is C26H22N2O. The number of nitrogens with zero attached hydrogens (tertiary/aromatic N) is 2. The predicted molar refractivity (Wildman–Crippen MR) is 122 cm³/mol. The third-order valence-corrected chi connectivity index (χ3v) is 4.91. The number of pyridine rings is 1. The molecule has 0 saturated heterocycles. The Labute approximate surface area is 171 Å². The van der Waals surface area contributed by atoms with Gasteiger partial charge in [0.25, 0.3) is 0 Å². The highest BCUT2D eigenvalue weighted by Gasteiger charge is 2.11. The second-order valence-electron chi connectivity index (χ2n) is 6.96. The fourth-order valence-corrected chi connectivity index (χ4v) is 3.35. The summed E-state index contributed by atoms with van der Waals surface area (Å²) in [5.41, 5.74) is 5.44. The molecule has 0 unspecified atom stereocenters. The number of aldehydes is 1. The lowest BCUT2D eigenvalue weighted by atomic mass is 9.99. The summed E-state index contributed by atoms with van der Waals surface area (Å²) in [5.74, 6) is 0.788. The maximum absolute atomic E-state index is 11.0. The molecule has 0 aliphatic heterocycles. The molecule has 142 valence electrons. The van der Waals surface area contributed by atoms with Crippen LogP contribution in [0.15, 0.2) is 84.9 Å². The van der Waals surface area contributed by atoms with E-state index >= 15 is 0 Å². The lowest BCUT2D eigenvalue weighted by Gasteiger charge is -2.18. The summed E-state index contributed by atoms with van der Waals surface area (Å²) in [5, 5.41) is 1.09. The fraction of sp³-hybridized carbons (Fsp3) is 0.0769. The van der Waals surface area contributed by atoms with Gasteiger partial charge in [-0.25, -0.2) is 4.98 Å². The zero-order chi connectivity index (χ0) is 20.1. The fourth-order valence-electron chi connectivity index (χ4n) is 3.35. The van der Waals surface area contributed by atoms with Crippen molar-refractivity contribution in [1.82, 2.24) is 4.98 Å². The topological polar surface area (TPSA) is 33.2 Å². The van der Waals surface area contributed by atoms with Crippen LogP contribution in [0.1, 0.15) is 11.1 Å². The van der Waals surface area contributed by atoms with Gasteiger partial charge >= 0.3 is 0 Å². The van der Waals surface area contributed by atoms with Crippen LogP contribution in [0.3, 0.4) is 0 Å². The summed E-state index contributed by atoms with van der Waals surface area (Å²) in [6.45, 7) is 0.310. The standard InChI is InChI=1S/C26H22N2O/c1-28(16-17-29)26-19-23(22-10-6-3-7-11-22)24-18-21(14-15-25(24)27-26)13-12-20-8-4-2-5-9-20/h2-15,17-19H,16H2,1H3/b13-12+. The van der Waals surface area contributed by atoms with Gasteiger partial charge in [-0.1, -0.05) is 78.9 Å². The van der Waals surface area contributed by atoms with E-state index in [-0.39, 0.29) is 0 Å². The minimum atomic E-state index is 0.310. The normalized spacial score (nSPS) is 11.1. The van der Waals surface area contributed by atoms with Crippen LogP contribution in [0.4, 0.5) is 5.82 Å². The number of hydrogen-bond acceptors (Lipinski definition) is 3. The first kappa shape index (κ1) is 18.6. The molecule has 0 bridgehead atoms. The maximum atomic E-state index is 11.0. The van der Waals surface area contributed by atoms with E-state index in [1.165, 1.54) is 5.56 Å². The predicted octanol–water partition coefficient (Wildman–Crippen LogP) is 5.71. The van der Waals surface area contributed by atoms with Crippen LogP contribution in [0.5, 0.6) is 0 Å². The van der Waals surface area contributed by atoms with Crippen molar-refractivity contribution in [2.45, 2.75) is 0 Å². The number of carbonyl (C=O) groups excluding carboxylic acids is 1. The third kappa shape index (κ3) is 4.25. The molecule has 0 fully saturated rings. The van der Waals surface area contributed by atoms with E-state index in [1.54, 1.807) is 0 Å². The van der Waals surface area contributed by atoms with Crippen LogP contribution in [-0.2, 0) is 4.79 Å². The first-order valence-electron chi connectivity index (χ1n) is 9.63. The van der Waals surface area contributed by atoms with Crippen molar-refractivity contribution in [3.8, 4) is 11.1 Å². The molecular weight excluding hydrogens is 356 g/mol. The maximum Gasteiger partial charge on any atom is 0.139 e. The zero-order valence-corrected chi connectivity index (χ0v) is 16.3. The van der Waals surface area contributed by atoms with Crippen LogP contribution < -0.4 is 4.90 Å². The largest absolute Gasteiger partial charge is 0.353 e. The quantitative estimate of drug-likeness (QED) is 0.318. The minimum absolute atomic E-state index is 0.310. The third-order valence-electron chi connectivity index (χ3n) is 4.91. The Morgan fingerprint density at radius 3 is 2.24 bits per heavy atom. The van der Waals surface area contributed by atoms with Crippen LogP contribution in [0, 0.1) is 0 Å². The summed E-state index contributed by atoms with van der Waals surface area (Å²) in [4.78, 5) is 17.6. The Morgan fingerprint density at radius 2 is 1.52 bits per heavy atom. The number of aromatic nitrogens is 1. The molecule has 0 N–H and O–H groups in total. The second-order valence-corrected chi connectivity index (χ2v) is 6.96. The summed E-state index contributed by atoms with van der Waals surface area (Å²) < 4.78 is 0. The molecule has 0 spiro atoms. The number of likely N-dealkylation sites (N-methyl/N-ethyl adjacent to an activating group) is 1. The van der Waals surface area contributed by atoms with Gasteiger partial charge < -0.3 is 9.69 Å². The van der Waals surface area contributed by atoms with Gasteiger partial charge in [0.1, 0.15) is 12.1 Å². The molecule has 4 aromatic rings. The zero-order valence-electron chi connectivity index (χ0n) is 16.3. The van der Waals surface area contributed by atoms with Crippen molar-refractivity contribution in [2.75, 3.05) is 18.5 Å². The van der Waals surface area contributed by atoms with E-state index < -0.39 is 0 Å². The van der Waals surface area contributed by atoms with Gasteiger partial charge in [0, 0.05) is 12.4 Å². The summed E-state index contributed by atoms with van der Waals surface area (Å²) >= 11 is 0. The molecule has 0 aliphatic carbocycles. The lowest BCUT2D eigenvalue weighted by Crippen LogP contribution is -2.20. The number of benzene rings is 3. The van der Waals surface area contributed by atoms with Crippen molar-refractivity contribution < 1.29 is 4.79 Å². The molecule has 0 amide bonds. The number of rotatable bonds is 6. The Balaban J connectivity index is 1.83. The van der Waals surface area contributed by atoms with E-state index in [0.717, 1.165) is 39.7 Å². The number of fused-ring (bicyclic) bond motifs is 1. The Hall–Kier alpha value is -3.72. The van der Waals surface area contributed by atoms with E-state index in [9.17, 15) is 4.79 Å². The minimum Gasteiger partial charge on any atom is -0.353 e. The molecule has 3 nitrogen and oxygen atoms in total. The first-order valence-corrected chi connectivity index (χ1v) is 9.63. The SMILES string of the molecule is CN(CC=O)c1cc(-c2ccccc2)c2cc(/C=C/c3ccccc3)ccc2n1. The van der Waals surface area contributed by atoms with Crippen LogP contribution in [-0.4, -0.2) is 24.9 Å². The van der Waals surface area contributed by atoms with Crippen molar-refractivity contribution in [3.05, 3.63) is 96.1 Å². The molecule has 0 aliphatic rings. The monoisotopic (exact) mass is 378 g/mol. The number of hydrogen-bond donors (Lipinski definition) is 0. The highest BCUT2D eigenvalue weighted by atomic mass is 16.1. The molecule has 1 heterocycles. The molecule has 3 heteroatoms. The molecule has 0 saturated carbocycles. The van der Waals surface area contributed by atoms with Crippen LogP contribution >= 0.6 is 0 Å². The van der Waals surface area contributed by atoms with E-state index in [0.29, 0.717) is 6.54 Å². The van der Waals surface area contributed by atoms with Crippen molar-refractivity contribution >= 4 is 35.2 Å². The summed E-state index contributed by atoms with van der Waals surface area (Å²) in [7, 11) is 1.88. The van der Waals surface area contributed by atoms with Gasteiger partial charge in [-0.15, -0.1) is 0 Å². The Morgan fingerprint density at radius 1 is 0.828 bits per heavy atom. The smallest absolute Gasteiger partial charge is 0.139 e. The average molecular weight is 378 g/mol. The lowest BCUT2D eigenvalue weighted by molar-refractivity contribution is -0.106. The summed E-state index contributed by atoms with van der Waals surface area (Å²) in [6, 6.07) is 28.9. The molecule has 0 radical (unpaired) electrons. The number of carbonyl (C=O) groups is 1. The highest BCUT2D eigenvalue weighted by molar-refractivity contribution is 5.97. The summed E-state index contributed by atoms with van der Waals surface area (Å²) in [6.07, 6.45) is 5.13. The second kappa shape index (κ2) is 8.53. The molecule has 1 aromatic heterocycles. The first-order chi connectivity index (χ1) is 14.2. The van der Waals surface area contributed by atoms with Crippen LogP contribution in [0.25, 0.3) is 34.2 Å². The van der Waals surface area contributed by atoms with Gasteiger partial charge in [-0.3, -0.25) is 0 Å². The van der Waals surface area contributed by atoms with E-state index in [1.807, 2.05) is 54.4 Å². The van der Waals surface area contributed by atoms with Crippen LogP contribution in [0.2, 0.25) is 0 Å². The molecule has 3 aromatic carbocycles. The van der Waals surface area contributed by atoms with Crippen molar-refractivity contribution in [1.29, 1.82) is 0 Å². The van der Waals surface area contributed by atoms with Gasteiger partial charge in [-0.2, -0.15) is 0 Å². The van der Waals surface area contributed by atoms with E-state index in [2.05, 4.69) is 54.6 Å². The molecule has 0 atom stereocenters. The number of anilines is 1. The van der Waals surface area contributed by atoms with Crippen molar-refractivity contribution in [2.24, 2.45) is 0 Å².